The lowest BCUT2D eigenvalue weighted by Crippen LogP contribution is -2.31. The highest BCUT2D eigenvalue weighted by molar-refractivity contribution is 7.89. The number of nitrogens with one attached hydrogen (secondary N) is 2. The Hall–Kier alpha value is -2.49. The number of hydrogen-bond acceptors (Lipinski definition) is 6. The van der Waals surface area contributed by atoms with E-state index in [1.807, 2.05) is 6.92 Å². The predicted octanol–water partition coefficient (Wildman–Crippen LogP) is 1.87. The molecule has 0 aliphatic carbocycles. The van der Waals surface area contributed by atoms with Crippen molar-refractivity contribution in [3.8, 4) is 5.88 Å². The second-order valence-electron chi connectivity index (χ2n) is 6.63. The Bertz CT molecular complexity index is 925. The Kier molecular flexibility index (Phi) is 7.18. The van der Waals surface area contributed by atoms with E-state index in [-0.39, 0.29) is 23.5 Å². The van der Waals surface area contributed by atoms with Crippen LogP contribution in [0.1, 0.15) is 35.7 Å². The van der Waals surface area contributed by atoms with Gasteiger partial charge < -0.3 is 14.8 Å². The number of aromatic nitrogens is 1. The molecule has 1 aliphatic rings. The first kappa shape index (κ1) is 21.2. The van der Waals surface area contributed by atoms with E-state index >= 15 is 0 Å². The first-order valence-corrected chi connectivity index (χ1v) is 11.0. The number of rotatable bonds is 9. The molecule has 156 valence electrons. The van der Waals surface area contributed by atoms with Crippen molar-refractivity contribution >= 4 is 15.9 Å². The molecule has 1 saturated heterocycles. The lowest BCUT2D eigenvalue weighted by molar-refractivity contribution is 0.0950. The van der Waals surface area contributed by atoms with Crippen molar-refractivity contribution in [2.45, 2.75) is 37.3 Å². The summed E-state index contributed by atoms with van der Waals surface area (Å²) in [5, 5.41) is 2.80. The molecule has 0 spiro atoms. The monoisotopic (exact) mass is 419 g/mol. The largest absolute Gasteiger partial charge is 0.478 e. The summed E-state index contributed by atoms with van der Waals surface area (Å²) in [5.41, 5.74) is 1.23. The number of carbonyl (C=O) groups excluding carboxylic acids is 1. The van der Waals surface area contributed by atoms with Gasteiger partial charge >= 0.3 is 0 Å². The summed E-state index contributed by atoms with van der Waals surface area (Å²) in [6.45, 7) is 3.62. The Morgan fingerprint density at radius 2 is 2.07 bits per heavy atom. The third-order valence-corrected chi connectivity index (χ3v) is 5.94. The lowest BCUT2D eigenvalue weighted by Gasteiger charge is -2.12. The van der Waals surface area contributed by atoms with E-state index in [4.69, 9.17) is 9.47 Å². The third kappa shape index (κ3) is 5.99. The molecule has 1 amide bonds. The molecule has 2 heterocycles. The highest BCUT2D eigenvalue weighted by Crippen LogP contribution is 2.14. The van der Waals surface area contributed by atoms with E-state index in [2.05, 4.69) is 15.0 Å². The minimum atomic E-state index is -3.64. The predicted molar refractivity (Wildman–Crippen MR) is 107 cm³/mol. The standard InChI is InChI=1S/C20H25N3O5S/c1-2-27-19-12-15(9-10-21-19)13-22-20(24)16-5-7-18(8-6-16)29(25,26)23-14-17-4-3-11-28-17/h5-10,12,17,23H,2-4,11,13-14H2,1H3,(H,22,24). The Morgan fingerprint density at radius 3 is 2.76 bits per heavy atom. The van der Waals surface area contributed by atoms with Gasteiger partial charge in [-0.15, -0.1) is 0 Å². The van der Waals surface area contributed by atoms with Crippen LogP contribution in [0.5, 0.6) is 5.88 Å². The van der Waals surface area contributed by atoms with Crippen LogP contribution in [-0.2, 0) is 21.3 Å². The number of hydrogen-bond donors (Lipinski definition) is 2. The fourth-order valence-electron chi connectivity index (χ4n) is 2.95. The molecule has 3 rings (SSSR count). The third-order valence-electron chi connectivity index (χ3n) is 4.50. The molecule has 2 aromatic rings. The van der Waals surface area contributed by atoms with E-state index in [0.717, 1.165) is 18.4 Å². The molecule has 2 N–H and O–H groups in total. The summed E-state index contributed by atoms with van der Waals surface area (Å²) in [4.78, 5) is 16.5. The minimum Gasteiger partial charge on any atom is -0.478 e. The van der Waals surface area contributed by atoms with E-state index in [9.17, 15) is 13.2 Å². The maximum Gasteiger partial charge on any atom is 0.251 e. The second kappa shape index (κ2) is 9.82. The van der Waals surface area contributed by atoms with Crippen LogP contribution >= 0.6 is 0 Å². The molecule has 1 aliphatic heterocycles. The van der Waals surface area contributed by atoms with Crippen molar-refractivity contribution in [1.82, 2.24) is 15.0 Å². The molecule has 1 aromatic heterocycles. The van der Waals surface area contributed by atoms with Crippen LogP contribution in [0.15, 0.2) is 47.5 Å². The quantitative estimate of drug-likeness (QED) is 0.643. The number of nitrogens with zero attached hydrogens (tertiary/aromatic N) is 1. The zero-order chi connectivity index (χ0) is 20.7. The van der Waals surface area contributed by atoms with Gasteiger partial charge in [0.05, 0.1) is 17.6 Å². The van der Waals surface area contributed by atoms with Gasteiger partial charge in [0.15, 0.2) is 0 Å². The van der Waals surface area contributed by atoms with E-state index in [1.165, 1.54) is 24.3 Å². The van der Waals surface area contributed by atoms with Crippen LogP contribution in [0.25, 0.3) is 0 Å². The lowest BCUT2D eigenvalue weighted by atomic mass is 10.2. The smallest absolute Gasteiger partial charge is 0.251 e. The second-order valence-corrected chi connectivity index (χ2v) is 8.40. The fraction of sp³-hybridized carbons (Fsp3) is 0.400. The number of amides is 1. The molecule has 1 aromatic carbocycles. The highest BCUT2D eigenvalue weighted by Gasteiger charge is 2.20. The van der Waals surface area contributed by atoms with Crippen molar-refractivity contribution < 1.29 is 22.7 Å². The summed E-state index contributed by atoms with van der Waals surface area (Å²) in [5.74, 6) is 0.209. The van der Waals surface area contributed by atoms with Crippen LogP contribution in [0.3, 0.4) is 0 Å². The molecule has 8 nitrogen and oxygen atoms in total. The number of sulfonamides is 1. The zero-order valence-electron chi connectivity index (χ0n) is 16.3. The van der Waals surface area contributed by atoms with Crippen LogP contribution in [-0.4, -0.2) is 45.2 Å². The van der Waals surface area contributed by atoms with Crippen LogP contribution in [0.2, 0.25) is 0 Å². The van der Waals surface area contributed by atoms with Crippen molar-refractivity contribution in [1.29, 1.82) is 0 Å². The zero-order valence-corrected chi connectivity index (χ0v) is 17.1. The molecule has 0 saturated carbocycles. The molecule has 0 bridgehead atoms. The van der Waals surface area contributed by atoms with Crippen molar-refractivity contribution in [3.63, 3.8) is 0 Å². The normalized spacial score (nSPS) is 16.5. The van der Waals surface area contributed by atoms with E-state index in [0.29, 0.717) is 31.2 Å². The molecule has 9 heteroatoms. The molecular weight excluding hydrogens is 394 g/mol. The topological polar surface area (TPSA) is 107 Å². The van der Waals surface area contributed by atoms with Gasteiger partial charge in [-0.1, -0.05) is 0 Å². The molecule has 1 fully saturated rings. The SMILES string of the molecule is CCOc1cc(CNC(=O)c2ccc(S(=O)(=O)NCC3CCCO3)cc2)ccn1. The molecule has 1 atom stereocenters. The van der Waals surface area contributed by atoms with Crippen LogP contribution in [0.4, 0.5) is 0 Å². The Morgan fingerprint density at radius 1 is 1.28 bits per heavy atom. The number of benzene rings is 1. The van der Waals surface area contributed by atoms with Gasteiger partial charge in [0.2, 0.25) is 15.9 Å². The van der Waals surface area contributed by atoms with Gasteiger partial charge in [-0.3, -0.25) is 4.79 Å². The summed E-state index contributed by atoms with van der Waals surface area (Å²) in [6, 6.07) is 9.39. The van der Waals surface area contributed by atoms with Crippen molar-refractivity contribution in [2.75, 3.05) is 19.8 Å². The van der Waals surface area contributed by atoms with Gasteiger partial charge in [-0.05, 0) is 55.7 Å². The summed E-state index contributed by atoms with van der Waals surface area (Å²) < 4.78 is 38.1. The Labute approximate surface area is 170 Å². The average Bonchev–Trinajstić information content (AvgIpc) is 3.25. The average molecular weight is 420 g/mol. The minimum absolute atomic E-state index is 0.0775. The van der Waals surface area contributed by atoms with Gasteiger partial charge in [0.25, 0.3) is 5.91 Å². The number of pyridine rings is 1. The van der Waals surface area contributed by atoms with Gasteiger partial charge in [-0.25, -0.2) is 18.1 Å². The van der Waals surface area contributed by atoms with Gasteiger partial charge in [-0.2, -0.15) is 0 Å². The van der Waals surface area contributed by atoms with Crippen LogP contribution < -0.4 is 14.8 Å². The van der Waals surface area contributed by atoms with E-state index in [1.54, 1.807) is 18.3 Å². The first-order chi connectivity index (χ1) is 14.0. The summed E-state index contributed by atoms with van der Waals surface area (Å²) in [7, 11) is -3.64. The first-order valence-electron chi connectivity index (χ1n) is 9.55. The van der Waals surface area contributed by atoms with Gasteiger partial charge in [0, 0.05) is 37.5 Å². The molecule has 1 unspecified atom stereocenters. The van der Waals surface area contributed by atoms with Crippen LogP contribution in [0, 0.1) is 0 Å². The molecule has 0 radical (unpaired) electrons. The fourth-order valence-corrected chi connectivity index (χ4v) is 4.01. The molecular formula is C20H25N3O5S. The Balaban J connectivity index is 1.56. The van der Waals surface area contributed by atoms with Crippen molar-refractivity contribution in [3.05, 3.63) is 53.7 Å². The van der Waals surface area contributed by atoms with Crippen molar-refractivity contribution in [2.24, 2.45) is 0 Å². The van der Waals surface area contributed by atoms with Gasteiger partial charge in [0.1, 0.15) is 0 Å². The summed E-state index contributed by atoms with van der Waals surface area (Å²) in [6.07, 6.45) is 3.34. The number of ether oxygens (including phenoxy) is 2. The highest BCUT2D eigenvalue weighted by atomic mass is 32.2. The maximum absolute atomic E-state index is 12.4. The molecule has 29 heavy (non-hydrogen) atoms. The maximum atomic E-state index is 12.4. The number of carbonyl (C=O) groups is 1. The summed E-state index contributed by atoms with van der Waals surface area (Å²) >= 11 is 0. The van der Waals surface area contributed by atoms with E-state index < -0.39 is 10.0 Å².